The summed E-state index contributed by atoms with van der Waals surface area (Å²) in [7, 11) is 3.79. The van der Waals surface area contributed by atoms with Crippen molar-refractivity contribution in [3.05, 3.63) is 33.9 Å². The zero-order chi connectivity index (χ0) is 14.6. The summed E-state index contributed by atoms with van der Waals surface area (Å²) < 4.78 is 0. The number of nitro groups is 1. The maximum atomic E-state index is 10.6. The largest absolute Gasteiger partial charge is 0.387 e. The van der Waals surface area contributed by atoms with E-state index in [9.17, 15) is 15.2 Å². The number of aryl methyl sites for hydroxylation is 1. The van der Waals surface area contributed by atoms with Gasteiger partial charge in [-0.25, -0.2) is 0 Å². The van der Waals surface area contributed by atoms with Crippen molar-refractivity contribution in [2.24, 2.45) is 0 Å². The molecule has 19 heavy (non-hydrogen) atoms. The summed E-state index contributed by atoms with van der Waals surface area (Å²) in [5.74, 6) is 0. The van der Waals surface area contributed by atoms with Crippen LogP contribution >= 0.6 is 0 Å². The van der Waals surface area contributed by atoms with Crippen LogP contribution in [0.25, 0.3) is 0 Å². The predicted octanol–water partition coefficient (Wildman–Crippen LogP) is 1.63. The molecule has 0 aliphatic heterocycles. The molecule has 0 saturated carbocycles. The number of anilines is 1. The molecule has 0 radical (unpaired) electrons. The first-order valence-corrected chi connectivity index (χ1v) is 6.07. The number of likely N-dealkylation sites (N-methyl/N-ethyl adjacent to an activating group) is 1. The molecule has 1 atom stereocenters. The van der Waals surface area contributed by atoms with E-state index < -0.39 is 10.5 Å². The van der Waals surface area contributed by atoms with Gasteiger partial charge in [0.15, 0.2) is 0 Å². The van der Waals surface area contributed by atoms with Gasteiger partial charge in [-0.2, -0.15) is 0 Å². The molecule has 0 aliphatic carbocycles. The van der Waals surface area contributed by atoms with E-state index in [4.69, 9.17) is 0 Å². The summed E-state index contributed by atoms with van der Waals surface area (Å²) in [6, 6.07) is 4.64. The van der Waals surface area contributed by atoms with Gasteiger partial charge >= 0.3 is 0 Å². The van der Waals surface area contributed by atoms with Gasteiger partial charge < -0.3 is 15.3 Å². The highest BCUT2D eigenvalue weighted by molar-refractivity contribution is 5.55. The second kappa shape index (κ2) is 5.99. The lowest BCUT2D eigenvalue weighted by atomic mass is 10.1. The van der Waals surface area contributed by atoms with Crippen LogP contribution in [-0.4, -0.2) is 47.7 Å². The highest BCUT2D eigenvalue weighted by Gasteiger charge is 2.21. The first-order valence-electron chi connectivity index (χ1n) is 6.07. The number of nitrogens with zero attached hydrogens (tertiary/aromatic N) is 2. The molecule has 1 aromatic rings. The molecule has 6 nitrogen and oxygen atoms in total. The topological polar surface area (TPSA) is 78.6 Å². The van der Waals surface area contributed by atoms with Crippen molar-refractivity contribution in [2.45, 2.75) is 19.4 Å². The predicted molar refractivity (Wildman–Crippen MR) is 75.5 cm³/mol. The van der Waals surface area contributed by atoms with Gasteiger partial charge in [-0.15, -0.1) is 0 Å². The van der Waals surface area contributed by atoms with E-state index in [0.29, 0.717) is 13.1 Å². The molecular formula is C13H21N3O3. The fraction of sp³-hybridized carbons (Fsp3) is 0.538. The number of nitrogens with one attached hydrogen (secondary N) is 1. The van der Waals surface area contributed by atoms with Crippen molar-refractivity contribution in [2.75, 3.05) is 32.5 Å². The normalized spacial score (nSPS) is 14.2. The third-order valence-electron chi connectivity index (χ3n) is 2.74. The van der Waals surface area contributed by atoms with Gasteiger partial charge in [0.2, 0.25) is 0 Å². The average Bonchev–Trinajstić information content (AvgIpc) is 2.25. The third kappa shape index (κ3) is 4.84. The average molecular weight is 267 g/mol. The third-order valence-corrected chi connectivity index (χ3v) is 2.74. The van der Waals surface area contributed by atoms with Gasteiger partial charge in [0.25, 0.3) is 5.69 Å². The lowest BCUT2D eigenvalue weighted by molar-refractivity contribution is -0.384. The summed E-state index contributed by atoms with van der Waals surface area (Å²) in [4.78, 5) is 12.1. The van der Waals surface area contributed by atoms with Gasteiger partial charge in [-0.3, -0.25) is 10.1 Å². The first-order chi connectivity index (χ1) is 8.71. The molecule has 0 heterocycles. The van der Waals surface area contributed by atoms with Crippen LogP contribution in [0.4, 0.5) is 11.4 Å². The van der Waals surface area contributed by atoms with Gasteiger partial charge in [-0.05, 0) is 39.6 Å². The number of rotatable bonds is 6. The van der Waals surface area contributed by atoms with Crippen LogP contribution in [0.2, 0.25) is 0 Å². The lowest BCUT2D eigenvalue weighted by Gasteiger charge is -2.27. The molecule has 106 valence electrons. The Balaban J connectivity index is 2.71. The molecule has 0 saturated heterocycles. The summed E-state index contributed by atoms with van der Waals surface area (Å²) in [6.07, 6.45) is 0. The van der Waals surface area contributed by atoms with Crippen molar-refractivity contribution in [1.82, 2.24) is 4.90 Å². The van der Waals surface area contributed by atoms with Crippen LogP contribution < -0.4 is 5.32 Å². The SMILES string of the molecule is Cc1cc([N+](=O)[O-])ccc1NCC(C)(O)CN(C)C. The molecule has 1 unspecified atom stereocenters. The number of non-ortho nitro benzene ring substituents is 1. The Kier molecular flexibility index (Phi) is 4.85. The molecule has 0 spiro atoms. The Morgan fingerprint density at radius 2 is 2.11 bits per heavy atom. The second-order valence-electron chi connectivity index (χ2n) is 5.34. The number of aliphatic hydroxyl groups is 1. The Morgan fingerprint density at radius 3 is 2.58 bits per heavy atom. The van der Waals surface area contributed by atoms with E-state index in [1.54, 1.807) is 19.9 Å². The monoisotopic (exact) mass is 267 g/mol. The van der Waals surface area contributed by atoms with Crippen molar-refractivity contribution >= 4 is 11.4 Å². The summed E-state index contributed by atoms with van der Waals surface area (Å²) in [6.45, 7) is 4.46. The standard InChI is InChI=1S/C13H21N3O3/c1-10-7-11(16(18)19)5-6-12(10)14-8-13(2,17)9-15(3)4/h5-7,14,17H,8-9H2,1-4H3. The molecule has 2 N–H and O–H groups in total. The van der Waals surface area contributed by atoms with Crippen molar-refractivity contribution in [1.29, 1.82) is 0 Å². The summed E-state index contributed by atoms with van der Waals surface area (Å²) in [5, 5.41) is 23.9. The van der Waals surface area contributed by atoms with Crippen LogP contribution in [-0.2, 0) is 0 Å². The van der Waals surface area contributed by atoms with Gasteiger partial charge in [-0.1, -0.05) is 0 Å². The smallest absolute Gasteiger partial charge is 0.269 e. The minimum Gasteiger partial charge on any atom is -0.387 e. The molecule has 0 bridgehead atoms. The Labute approximate surface area is 113 Å². The highest BCUT2D eigenvalue weighted by atomic mass is 16.6. The van der Waals surface area contributed by atoms with Crippen LogP contribution in [0.1, 0.15) is 12.5 Å². The minimum atomic E-state index is -0.863. The van der Waals surface area contributed by atoms with Crippen LogP contribution in [0, 0.1) is 17.0 Å². The molecule has 0 aromatic heterocycles. The lowest BCUT2D eigenvalue weighted by Crippen LogP contribution is -2.43. The molecule has 0 aliphatic rings. The quantitative estimate of drug-likeness (QED) is 0.605. The molecule has 1 aromatic carbocycles. The second-order valence-corrected chi connectivity index (χ2v) is 5.34. The van der Waals surface area contributed by atoms with Crippen molar-refractivity contribution < 1.29 is 10.0 Å². The molecule has 6 heteroatoms. The van der Waals surface area contributed by atoms with Crippen LogP contribution in [0.3, 0.4) is 0 Å². The van der Waals surface area contributed by atoms with Crippen LogP contribution in [0.15, 0.2) is 18.2 Å². The highest BCUT2D eigenvalue weighted by Crippen LogP contribution is 2.21. The van der Waals surface area contributed by atoms with Crippen molar-refractivity contribution in [3.63, 3.8) is 0 Å². The number of hydrogen-bond acceptors (Lipinski definition) is 5. The van der Waals surface area contributed by atoms with Gasteiger partial charge in [0.1, 0.15) is 0 Å². The van der Waals surface area contributed by atoms with E-state index >= 15 is 0 Å². The van der Waals surface area contributed by atoms with Crippen molar-refractivity contribution in [3.8, 4) is 0 Å². The Bertz CT molecular complexity index is 458. The maximum absolute atomic E-state index is 10.6. The fourth-order valence-corrected chi connectivity index (χ4v) is 1.98. The van der Waals surface area contributed by atoms with Gasteiger partial charge in [0, 0.05) is 30.9 Å². The van der Waals surface area contributed by atoms with E-state index in [0.717, 1.165) is 11.3 Å². The van der Waals surface area contributed by atoms with E-state index in [-0.39, 0.29) is 5.69 Å². The first kappa shape index (κ1) is 15.4. The van der Waals surface area contributed by atoms with Crippen LogP contribution in [0.5, 0.6) is 0 Å². The molecule has 0 fully saturated rings. The van der Waals surface area contributed by atoms with E-state index in [1.165, 1.54) is 12.1 Å². The Hall–Kier alpha value is -1.66. The van der Waals surface area contributed by atoms with E-state index in [2.05, 4.69) is 5.32 Å². The number of nitro benzene ring substituents is 1. The molecular weight excluding hydrogens is 246 g/mol. The zero-order valence-corrected chi connectivity index (χ0v) is 11.8. The Morgan fingerprint density at radius 1 is 1.47 bits per heavy atom. The zero-order valence-electron chi connectivity index (χ0n) is 11.8. The minimum absolute atomic E-state index is 0.0723. The summed E-state index contributed by atoms with van der Waals surface area (Å²) in [5.41, 5.74) is 0.792. The number of hydrogen-bond donors (Lipinski definition) is 2. The number of benzene rings is 1. The molecule has 1 rings (SSSR count). The van der Waals surface area contributed by atoms with Gasteiger partial charge in [0.05, 0.1) is 10.5 Å². The molecule has 0 amide bonds. The van der Waals surface area contributed by atoms with E-state index in [1.807, 2.05) is 19.0 Å². The fourth-order valence-electron chi connectivity index (χ4n) is 1.98. The maximum Gasteiger partial charge on any atom is 0.269 e. The summed E-state index contributed by atoms with van der Waals surface area (Å²) >= 11 is 0.